The summed E-state index contributed by atoms with van der Waals surface area (Å²) in [6.45, 7) is 1.40. The molecule has 0 bridgehead atoms. The minimum atomic E-state index is -0.448. The molecule has 7 nitrogen and oxygen atoms in total. The van der Waals surface area contributed by atoms with E-state index in [1.54, 1.807) is 12.1 Å². The summed E-state index contributed by atoms with van der Waals surface area (Å²) in [7, 11) is 2.67. The van der Waals surface area contributed by atoms with Crippen molar-refractivity contribution in [2.24, 2.45) is 0 Å². The van der Waals surface area contributed by atoms with Crippen LogP contribution in [0.15, 0.2) is 72.8 Å². The first kappa shape index (κ1) is 25.7. The lowest BCUT2D eigenvalue weighted by atomic mass is 10.2. The van der Waals surface area contributed by atoms with Gasteiger partial charge in [-0.25, -0.2) is 9.59 Å². The molecule has 0 aliphatic carbocycles. The lowest BCUT2D eigenvalue weighted by Gasteiger charge is -2.01. The Kier molecular flexibility index (Phi) is 8.77. The molecular weight excluding hydrogens is 484 g/mol. The van der Waals surface area contributed by atoms with E-state index >= 15 is 0 Å². The van der Waals surface area contributed by atoms with Gasteiger partial charge in [-0.2, -0.15) is 0 Å². The number of nitrogens with two attached hydrogens (primary N) is 1. The minimum absolute atomic E-state index is 0.220. The molecule has 35 heavy (non-hydrogen) atoms. The van der Waals surface area contributed by atoms with Gasteiger partial charge in [0.15, 0.2) is 0 Å². The van der Waals surface area contributed by atoms with Gasteiger partial charge in [0.25, 0.3) is 0 Å². The lowest BCUT2D eigenvalue weighted by molar-refractivity contribution is -0.114. The van der Waals surface area contributed by atoms with E-state index in [1.165, 1.54) is 43.8 Å². The predicted molar refractivity (Wildman–Crippen MR) is 141 cm³/mol. The third-order valence-corrected chi connectivity index (χ3v) is 7.01. The van der Waals surface area contributed by atoms with Crippen molar-refractivity contribution < 1.29 is 23.9 Å². The Morgan fingerprint density at radius 1 is 0.743 bits per heavy atom. The van der Waals surface area contributed by atoms with Crippen LogP contribution < -0.4 is 11.1 Å². The highest BCUT2D eigenvalue weighted by molar-refractivity contribution is 7.18. The van der Waals surface area contributed by atoms with Crippen molar-refractivity contribution in [2.75, 3.05) is 25.3 Å². The molecule has 0 spiro atoms. The highest BCUT2D eigenvalue weighted by Crippen LogP contribution is 2.35. The molecule has 2 aromatic carbocycles. The van der Waals surface area contributed by atoms with E-state index < -0.39 is 5.97 Å². The van der Waals surface area contributed by atoms with Crippen molar-refractivity contribution in [3.63, 3.8) is 0 Å². The molecule has 4 rings (SSSR count). The van der Waals surface area contributed by atoms with E-state index in [-0.39, 0.29) is 11.9 Å². The van der Waals surface area contributed by atoms with Crippen molar-refractivity contribution >= 4 is 51.9 Å². The Bertz CT molecular complexity index is 1310. The molecule has 3 N–H and O–H groups in total. The Hall–Kier alpha value is -3.95. The molecule has 4 aromatic rings. The molecule has 0 radical (unpaired) electrons. The molecule has 2 aromatic heterocycles. The van der Waals surface area contributed by atoms with Gasteiger partial charge in [-0.05, 0) is 23.3 Å². The van der Waals surface area contributed by atoms with Gasteiger partial charge >= 0.3 is 11.9 Å². The van der Waals surface area contributed by atoms with Crippen LogP contribution in [0.1, 0.15) is 26.3 Å². The third-order valence-electron chi connectivity index (χ3n) is 4.66. The highest BCUT2D eigenvalue weighted by Gasteiger charge is 2.18. The number of nitrogens with one attached hydrogen (secondary N) is 1. The zero-order chi connectivity index (χ0) is 25.4. The van der Waals surface area contributed by atoms with Crippen molar-refractivity contribution in [1.29, 1.82) is 0 Å². The second-order valence-electron chi connectivity index (χ2n) is 7.14. The molecular formula is C26H24N2O5S2. The monoisotopic (exact) mass is 508 g/mol. The Labute approximate surface area is 211 Å². The number of carbonyl (C=O) groups is 3. The molecule has 0 unspecified atom stereocenters. The Morgan fingerprint density at radius 2 is 1.20 bits per heavy atom. The van der Waals surface area contributed by atoms with Crippen molar-refractivity contribution in [3.8, 4) is 20.9 Å². The summed E-state index contributed by atoms with van der Waals surface area (Å²) < 4.78 is 9.39. The number of methoxy groups -OCH3 is 2. The highest BCUT2D eigenvalue weighted by atomic mass is 32.1. The van der Waals surface area contributed by atoms with E-state index in [4.69, 9.17) is 10.5 Å². The molecule has 1 amide bonds. The van der Waals surface area contributed by atoms with Crippen LogP contribution in [0, 0.1) is 0 Å². The maximum atomic E-state index is 11.7. The van der Waals surface area contributed by atoms with Crippen LogP contribution in [0.3, 0.4) is 0 Å². The molecule has 0 saturated heterocycles. The maximum Gasteiger partial charge on any atom is 0.350 e. The summed E-state index contributed by atoms with van der Waals surface area (Å²) in [6, 6.07) is 23.0. The van der Waals surface area contributed by atoms with Crippen LogP contribution in [0.5, 0.6) is 0 Å². The fraction of sp³-hybridized carbons (Fsp3) is 0.115. The molecule has 0 aliphatic rings. The normalized spacial score (nSPS) is 10.0. The van der Waals surface area contributed by atoms with E-state index in [2.05, 4.69) is 10.1 Å². The van der Waals surface area contributed by atoms with Gasteiger partial charge in [0.1, 0.15) is 9.75 Å². The van der Waals surface area contributed by atoms with E-state index in [0.717, 1.165) is 20.9 Å². The topological polar surface area (TPSA) is 108 Å². The van der Waals surface area contributed by atoms with E-state index in [9.17, 15) is 14.4 Å². The predicted octanol–water partition coefficient (Wildman–Crippen LogP) is 5.94. The van der Waals surface area contributed by atoms with Gasteiger partial charge in [-0.3, -0.25) is 4.79 Å². The van der Waals surface area contributed by atoms with Crippen LogP contribution >= 0.6 is 22.7 Å². The lowest BCUT2D eigenvalue weighted by Crippen LogP contribution is -2.09. The number of nitrogen functional groups attached to an aromatic ring is 1. The zero-order valence-corrected chi connectivity index (χ0v) is 21.0. The standard InChI is InChI=1S/C14H13NO3S.C12H11NO2S/c1-9(16)15-11-8-12(10-6-4-3-5-7-10)19-13(11)14(17)18-2;1-15-12(14)11-9(13)7-10(16-11)8-5-3-2-4-6-8/h3-8H,1-2H3,(H,15,16);2-7H,13H2,1H3. The van der Waals surface area contributed by atoms with Crippen LogP contribution in [-0.2, 0) is 14.3 Å². The van der Waals surface area contributed by atoms with Crippen LogP contribution in [-0.4, -0.2) is 32.1 Å². The molecule has 0 atom stereocenters. The third kappa shape index (κ3) is 6.56. The fourth-order valence-corrected chi connectivity index (χ4v) is 5.10. The number of amides is 1. The van der Waals surface area contributed by atoms with Gasteiger partial charge in [0.2, 0.25) is 5.91 Å². The number of thiophene rings is 2. The number of hydrogen-bond acceptors (Lipinski definition) is 8. The molecule has 180 valence electrons. The smallest absolute Gasteiger partial charge is 0.350 e. The summed E-state index contributed by atoms with van der Waals surface area (Å²) in [5, 5.41) is 2.65. The summed E-state index contributed by atoms with van der Waals surface area (Å²) in [5.74, 6) is -1.05. The summed E-state index contributed by atoms with van der Waals surface area (Å²) in [4.78, 5) is 37.0. The van der Waals surface area contributed by atoms with Crippen molar-refractivity contribution in [1.82, 2.24) is 0 Å². The molecule has 2 heterocycles. The number of benzene rings is 2. The summed E-state index contributed by atoms with van der Waals surface area (Å²) in [6.07, 6.45) is 0. The van der Waals surface area contributed by atoms with Gasteiger partial charge in [0.05, 0.1) is 25.6 Å². The molecule has 0 aliphatic heterocycles. The second-order valence-corrected chi connectivity index (χ2v) is 9.25. The first-order chi connectivity index (χ1) is 16.8. The van der Waals surface area contributed by atoms with Crippen LogP contribution in [0.4, 0.5) is 11.4 Å². The summed E-state index contributed by atoms with van der Waals surface area (Å²) >= 11 is 2.64. The Balaban J connectivity index is 0.000000198. The minimum Gasteiger partial charge on any atom is -0.465 e. The molecule has 0 saturated carbocycles. The number of esters is 2. The number of rotatable bonds is 5. The van der Waals surface area contributed by atoms with E-state index in [1.807, 2.05) is 60.7 Å². The quantitative estimate of drug-likeness (QED) is 0.323. The molecule has 9 heteroatoms. The SMILES string of the molecule is COC(=O)c1sc(-c2ccccc2)cc1N.COC(=O)c1sc(-c2ccccc2)cc1NC(C)=O. The number of ether oxygens (including phenoxy) is 2. The Morgan fingerprint density at radius 3 is 1.69 bits per heavy atom. The average molecular weight is 509 g/mol. The van der Waals surface area contributed by atoms with Crippen LogP contribution in [0.2, 0.25) is 0 Å². The first-order valence-electron chi connectivity index (χ1n) is 10.4. The van der Waals surface area contributed by atoms with Crippen molar-refractivity contribution in [2.45, 2.75) is 6.92 Å². The number of carbonyl (C=O) groups excluding carboxylic acids is 3. The molecule has 0 fully saturated rings. The van der Waals surface area contributed by atoms with Crippen LogP contribution in [0.25, 0.3) is 20.9 Å². The second kappa shape index (κ2) is 12.0. The van der Waals surface area contributed by atoms with E-state index in [0.29, 0.717) is 21.1 Å². The first-order valence-corrected chi connectivity index (χ1v) is 12.1. The van der Waals surface area contributed by atoms with Gasteiger partial charge in [0, 0.05) is 16.7 Å². The van der Waals surface area contributed by atoms with Gasteiger partial charge < -0.3 is 20.5 Å². The average Bonchev–Trinajstić information content (AvgIpc) is 3.48. The summed E-state index contributed by atoms with van der Waals surface area (Å²) in [5.41, 5.74) is 8.77. The fourth-order valence-electron chi connectivity index (χ4n) is 3.06. The largest absolute Gasteiger partial charge is 0.465 e. The van der Waals surface area contributed by atoms with Crippen molar-refractivity contribution in [3.05, 3.63) is 82.6 Å². The number of hydrogen-bond donors (Lipinski definition) is 2. The number of anilines is 2. The zero-order valence-electron chi connectivity index (χ0n) is 19.4. The van der Waals surface area contributed by atoms with Gasteiger partial charge in [-0.15, -0.1) is 22.7 Å². The van der Waals surface area contributed by atoms with Gasteiger partial charge in [-0.1, -0.05) is 60.7 Å². The maximum absolute atomic E-state index is 11.7.